The van der Waals surface area contributed by atoms with Crippen molar-refractivity contribution in [1.82, 2.24) is 10.2 Å². The van der Waals surface area contributed by atoms with Crippen LogP contribution in [0, 0.1) is 0 Å². The zero-order valence-corrected chi connectivity index (χ0v) is 14.2. The molecule has 0 fully saturated rings. The third kappa shape index (κ3) is 4.70. The van der Waals surface area contributed by atoms with Gasteiger partial charge in [0.2, 0.25) is 0 Å². The van der Waals surface area contributed by atoms with Crippen LogP contribution in [0.2, 0.25) is 0 Å². The van der Waals surface area contributed by atoms with Gasteiger partial charge in [0, 0.05) is 32.7 Å². The Kier molecular flexibility index (Phi) is 6.05. The smallest absolute Gasteiger partial charge is 0.119 e. The first-order chi connectivity index (χ1) is 11.8. The van der Waals surface area contributed by atoms with Gasteiger partial charge in [-0.05, 0) is 35.2 Å². The molecule has 0 amide bonds. The van der Waals surface area contributed by atoms with Gasteiger partial charge in [0.1, 0.15) is 12.4 Å². The van der Waals surface area contributed by atoms with Crippen molar-refractivity contribution in [3.05, 3.63) is 77.9 Å². The van der Waals surface area contributed by atoms with E-state index in [1.54, 1.807) is 6.08 Å². The zero-order valence-electron chi connectivity index (χ0n) is 14.2. The first kappa shape index (κ1) is 16.7. The summed E-state index contributed by atoms with van der Waals surface area (Å²) in [7, 11) is 0. The number of fused-ring (bicyclic) bond motifs is 1. The van der Waals surface area contributed by atoms with E-state index in [0.29, 0.717) is 6.61 Å². The lowest BCUT2D eigenvalue weighted by molar-refractivity contribution is 0.254. The summed E-state index contributed by atoms with van der Waals surface area (Å²) >= 11 is 0. The summed E-state index contributed by atoms with van der Waals surface area (Å²) in [6.45, 7) is 9.44. The van der Waals surface area contributed by atoms with Gasteiger partial charge in [0.05, 0.1) is 0 Å². The topological polar surface area (TPSA) is 24.5 Å². The van der Waals surface area contributed by atoms with Gasteiger partial charge in [-0.15, -0.1) is 0 Å². The van der Waals surface area contributed by atoms with Crippen molar-refractivity contribution in [1.29, 1.82) is 0 Å². The molecule has 24 heavy (non-hydrogen) atoms. The Morgan fingerprint density at radius 1 is 1.08 bits per heavy atom. The molecule has 1 aliphatic heterocycles. The van der Waals surface area contributed by atoms with E-state index in [1.165, 1.54) is 23.1 Å². The monoisotopic (exact) mass is 322 g/mol. The molecule has 0 radical (unpaired) electrons. The van der Waals surface area contributed by atoms with Crippen molar-refractivity contribution in [3.63, 3.8) is 0 Å². The molecule has 2 aromatic rings. The number of benzene rings is 2. The summed E-state index contributed by atoms with van der Waals surface area (Å²) < 4.78 is 5.50. The van der Waals surface area contributed by atoms with Crippen LogP contribution in [0.5, 0.6) is 5.75 Å². The van der Waals surface area contributed by atoms with E-state index >= 15 is 0 Å². The highest BCUT2D eigenvalue weighted by atomic mass is 16.5. The van der Waals surface area contributed by atoms with Gasteiger partial charge in [0.25, 0.3) is 0 Å². The molecule has 0 spiro atoms. The van der Waals surface area contributed by atoms with E-state index < -0.39 is 0 Å². The number of rotatable bonds is 8. The lowest BCUT2D eigenvalue weighted by Crippen LogP contribution is -2.35. The number of hydrogen-bond acceptors (Lipinski definition) is 3. The van der Waals surface area contributed by atoms with Crippen molar-refractivity contribution < 1.29 is 4.74 Å². The number of nitrogens with one attached hydrogen (secondary N) is 1. The Labute approximate surface area is 145 Å². The molecule has 3 heteroatoms. The molecule has 126 valence electrons. The Balaban J connectivity index is 1.37. The van der Waals surface area contributed by atoms with Crippen LogP contribution in [-0.4, -0.2) is 31.1 Å². The van der Waals surface area contributed by atoms with Crippen LogP contribution >= 0.6 is 0 Å². The summed E-state index contributed by atoms with van der Waals surface area (Å²) in [6, 6.07) is 17.1. The van der Waals surface area contributed by atoms with E-state index in [1.807, 2.05) is 12.1 Å². The van der Waals surface area contributed by atoms with Gasteiger partial charge in [-0.2, -0.15) is 0 Å². The molecule has 0 saturated heterocycles. The third-order valence-corrected chi connectivity index (χ3v) is 4.43. The van der Waals surface area contributed by atoms with Crippen LogP contribution in [0.4, 0.5) is 0 Å². The van der Waals surface area contributed by atoms with Crippen LogP contribution in [0.15, 0.2) is 61.2 Å². The molecule has 0 aliphatic carbocycles. The minimum atomic E-state index is 0.552. The van der Waals surface area contributed by atoms with Crippen LogP contribution in [0.1, 0.15) is 16.7 Å². The predicted octanol–water partition coefficient (Wildman–Crippen LogP) is 3.40. The molecule has 1 N–H and O–H groups in total. The van der Waals surface area contributed by atoms with E-state index in [9.17, 15) is 0 Å². The molecular weight excluding hydrogens is 296 g/mol. The van der Waals surface area contributed by atoms with E-state index in [2.05, 4.69) is 53.2 Å². The predicted molar refractivity (Wildman–Crippen MR) is 99.3 cm³/mol. The Morgan fingerprint density at radius 2 is 1.88 bits per heavy atom. The number of ether oxygens (including phenoxy) is 1. The summed E-state index contributed by atoms with van der Waals surface area (Å²) in [6.07, 6.45) is 2.93. The minimum Gasteiger partial charge on any atom is -0.490 e. The van der Waals surface area contributed by atoms with E-state index in [0.717, 1.165) is 38.5 Å². The Morgan fingerprint density at radius 3 is 2.67 bits per heavy atom. The van der Waals surface area contributed by atoms with Crippen molar-refractivity contribution in [3.8, 4) is 5.75 Å². The fraction of sp³-hybridized carbons (Fsp3) is 0.333. The van der Waals surface area contributed by atoms with Crippen molar-refractivity contribution >= 4 is 0 Å². The minimum absolute atomic E-state index is 0.552. The van der Waals surface area contributed by atoms with Crippen LogP contribution < -0.4 is 10.1 Å². The fourth-order valence-corrected chi connectivity index (χ4v) is 3.07. The zero-order chi connectivity index (χ0) is 16.6. The second-order valence-corrected chi connectivity index (χ2v) is 6.22. The maximum Gasteiger partial charge on any atom is 0.119 e. The van der Waals surface area contributed by atoms with Crippen molar-refractivity contribution in [2.75, 3.05) is 26.2 Å². The second kappa shape index (κ2) is 8.67. The van der Waals surface area contributed by atoms with Gasteiger partial charge in [-0.3, -0.25) is 4.90 Å². The van der Waals surface area contributed by atoms with E-state index in [-0.39, 0.29) is 0 Å². The molecule has 2 aromatic carbocycles. The molecule has 1 aliphatic rings. The van der Waals surface area contributed by atoms with E-state index in [4.69, 9.17) is 4.74 Å². The Bertz CT molecular complexity index is 651. The fourth-order valence-electron chi connectivity index (χ4n) is 3.07. The van der Waals surface area contributed by atoms with Crippen LogP contribution in [0.3, 0.4) is 0 Å². The summed E-state index contributed by atoms with van der Waals surface area (Å²) in [5.41, 5.74) is 4.28. The van der Waals surface area contributed by atoms with Gasteiger partial charge < -0.3 is 10.1 Å². The van der Waals surface area contributed by atoms with Crippen molar-refractivity contribution in [2.45, 2.75) is 19.5 Å². The molecule has 0 bridgehead atoms. The standard InChI is InChI=1S/C21H26N2O/c1-2-15-24-21-9-7-18(8-10-21)16-22-12-14-23-13-11-19-5-3-4-6-20(19)17-23/h2-10,22H,1,11-17H2. The number of nitrogens with zero attached hydrogens (tertiary/aromatic N) is 1. The molecule has 3 nitrogen and oxygen atoms in total. The molecule has 3 rings (SSSR count). The van der Waals surface area contributed by atoms with Gasteiger partial charge in [-0.25, -0.2) is 0 Å². The molecule has 0 aromatic heterocycles. The normalized spacial score (nSPS) is 14.2. The van der Waals surface area contributed by atoms with Crippen LogP contribution in [0.25, 0.3) is 0 Å². The molecule has 0 unspecified atom stereocenters. The first-order valence-electron chi connectivity index (χ1n) is 8.67. The maximum atomic E-state index is 5.50. The summed E-state index contributed by atoms with van der Waals surface area (Å²) in [5, 5.41) is 3.54. The van der Waals surface area contributed by atoms with Crippen LogP contribution in [-0.2, 0) is 19.5 Å². The lowest BCUT2D eigenvalue weighted by Gasteiger charge is -2.28. The summed E-state index contributed by atoms with van der Waals surface area (Å²) in [5.74, 6) is 0.894. The van der Waals surface area contributed by atoms with Crippen molar-refractivity contribution in [2.24, 2.45) is 0 Å². The SMILES string of the molecule is C=CCOc1ccc(CNCCN2CCc3ccccc3C2)cc1. The number of hydrogen-bond donors (Lipinski definition) is 1. The highest BCUT2D eigenvalue weighted by Crippen LogP contribution is 2.17. The summed E-state index contributed by atoms with van der Waals surface area (Å²) in [4.78, 5) is 2.53. The highest BCUT2D eigenvalue weighted by molar-refractivity contribution is 5.29. The third-order valence-electron chi connectivity index (χ3n) is 4.43. The second-order valence-electron chi connectivity index (χ2n) is 6.22. The molecular formula is C21H26N2O. The largest absolute Gasteiger partial charge is 0.490 e. The Hall–Kier alpha value is -2.10. The average molecular weight is 322 g/mol. The van der Waals surface area contributed by atoms with Gasteiger partial charge >= 0.3 is 0 Å². The molecule has 0 saturated carbocycles. The molecule has 1 heterocycles. The average Bonchev–Trinajstić information content (AvgIpc) is 2.64. The van der Waals surface area contributed by atoms with Gasteiger partial charge in [0.15, 0.2) is 0 Å². The lowest BCUT2D eigenvalue weighted by atomic mass is 10.00. The maximum absolute atomic E-state index is 5.50. The quantitative estimate of drug-likeness (QED) is 0.595. The molecule has 0 atom stereocenters. The van der Waals surface area contributed by atoms with Gasteiger partial charge in [-0.1, -0.05) is 49.1 Å². The highest BCUT2D eigenvalue weighted by Gasteiger charge is 2.14. The first-order valence-corrected chi connectivity index (χ1v) is 8.67.